The minimum absolute atomic E-state index is 0.0516. The van der Waals surface area contributed by atoms with Crippen molar-refractivity contribution in [2.24, 2.45) is 0 Å². The van der Waals surface area contributed by atoms with Gasteiger partial charge in [-0.05, 0) is 56.5 Å². The fraction of sp³-hybridized carbons (Fsp3) is 0.438. The van der Waals surface area contributed by atoms with Gasteiger partial charge < -0.3 is 14.7 Å². The van der Waals surface area contributed by atoms with E-state index >= 15 is 0 Å². The van der Waals surface area contributed by atoms with Gasteiger partial charge in [0, 0.05) is 52.5 Å². The van der Waals surface area contributed by atoms with Crippen molar-refractivity contribution in [3.8, 4) is 0 Å². The molecule has 37 heavy (non-hydrogen) atoms. The zero-order valence-electron chi connectivity index (χ0n) is 22.4. The highest BCUT2D eigenvalue weighted by Gasteiger charge is 2.54. The van der Waals surface area contributed by atoms with E-state index < -0.39 is 5.97 Å². The average molecular weight is 496 g/mol. The number of ether oxygens (including phenoxy) is 1. The van der Waals surface area contributed by atoms with Crippen LogP contribution in [0.5, 0.6) is 0 Å². The third-order valence-corrected chi connectivity index (χ3v) is 9.33. The second kappa shape index (κ2) is 7.44. The third kappa shape index (κ3) is 3.07. The molecule has 0 saturated heterocycles. The molecule has 5 nitrogen and oxygen atoms in total. The second-order valence-corrected chi connectivity index (χ2v) is 12.4. The molecule has 0 aromatic heterocycles. The zero-order valence-corrected chi connectivity index (χ0v) is 22.4. The van der Waals surface area contributed by atoms with Crippen LogP contribution >= 0.6 is 0 Å². The van der Waals surface area contributed by atoms with Gasteiger partial charge in [-0.2, -0.15) is 4.58 Å². The lowest BCUT2D eigenvalue weighted by Crippen LogP contribution is -2.47. The van der Waals surface area contributed by atoms with Gasteiger partial charge in [0.1, 0.15) is 0 Å². The van der Waals surface area contributed by atoms with E-state index in [9.17, 15) is 9.90 Å². The monoisotopic (exact) mass is 495 g/mol. The third-order valence-electron chi connectivity index (χ3n) is 9.33. The van der Waals surface area contributed by atoms with Crippen LogP contribution in [0.3, 0.4) is 0 Å². The van der Waals surface area contributed by atoms with Gasteiger partial charge in [0.2, 0.25) is 5.69 Å². The van der Waals surface area contributed by atoms with Gasteiger partial charge in [-0.15, -0.1) is 0 Å². The number of carboxylic acids is 1. The number of fused-ring (bicyclic) bond motifs is 8. The Labute approximate surface area is 218 Å². The lowest BCUT2D eigenvalue weighted by molar-refractivity contribution is -0.445. The molecule has 0 spiro atoms. The molecule has 0 aliphatic carbocycles. The standard InChI is InChI=1S/C32H34N2O3/c1-18-6-8-24-22(14-18)31(2,3)29-20-17-21-27(37-26(20)10-12-33(24)29)11-13-34-25-9-7-19(16-28(35)36)15-23(25)32(4,5)30(21)34/h6-9,14-15,17,26-27H,10-13,16H2,1-5H3/p+1. The number of allylic oxidation sites excluding steroid dienone is 1. The minimum atomic E-state index is -0.790. The molecular weight excluding hydrogens is 460 g/mol. The number of anilines is 1. The summed E-state index contributed by atoms with van der Waals surface area (Å²) in [4.78, 5) is 13.9. The summed E-state index contributed by atoms with van der Waals surface area (Å²) in [5, 5.41) is 9.36. The summed E-state index contributed by atoms with van der Waals surface area (Å²) in [6, 6.07) is 13.1. The first kappa shape index (κ1) is 23.0. The van der Waals surface area contributed by atoms with Crippen LogP contribution in [0.25, 0.3) is 0 Å². The van der Waals surface area contributed by atoms with Crippen molar-refractivity contribution in [2.45, 2.75) is 76.9 Å². The van der Waals surface area contributed by atoms with Gasteiger partial charge in [0.05, 0.1) is 24.0 Å². The van der Waals surface area contributed by atoms with Gasteiger partial charge in [0.25, 0.3) is 0 Å². The van der Waals surface area contributed by atoms with E-state index in [-0.39, 0.29) is 29.5 Å². The van der Waals surface area contributed by atoms with Crippen LogP contribution in [0.1, 0.15) is 62.8 Å². The lowest BCUT2D eigenvalue weighted by Gasteiger charge is -2.42. The smallest absolute Gasteiger partial charge is 0.307 e. The van der Waals surface area contributed by atoms with Gasteiger partial charge in [-0.25, -0.2) is 0 Å². The van der Waals surface area contributed by atoms with Crippen molar-refractivity contribution in [2.75, 3.05) is 18.0 Å². The summed E-state index contributed by atoms with van der Waals surface area (Å²) < 4.78 is 9.38. The molecule has 2 atom stereocenters. The van der Waals surface area contributed by atoms with Crippen molar-refractivity contribution in [1.82, 2.24) is 0 Å². The number of carbonyl (C=O) groups is 1. The van der Waals surface area contributed by atoms with Crippen molar-refractivity contribution in [3.05, 3.63) is 81.6 Å². The van der Waals surface area contributed by atoms with E-state index in [1.54, 1.807) is 0 Å². The Bertz CT molecular complexity index is 1490. The summed E-state index contributed by atoms with van der Waals surface area (Å²) in [5.41, 5.74) is 12.4. The molecule has 2 unspecified atom stereocenters. The largest absolute Gasteiger partial charge is 0.481 e. The van der Waals surface area contributed by atoms with E-state index in [1.807, 2.05) is 6.07 Å². The summed E-state index contributed by atoms with van der Waals surface area (Å²) >= 11 is 0. The number of aryl methyl sites for hydroxylation is 1. The van der Waals surface area contributed by atoms with E-state index in [0.717, 1.165) is 31.5 Å². The Morgan fingerprint density at radius 2 is 1.86 bits per heavy atom. The van der Waals surface area contributed by atoms with Gasteiger partial charge in [-0.1, -0.05) is 37.6 Å². The summed E-state index contributed by atoms with van der Waals surface area (Å²) in [7, 11) is 0. The quantitative estimate of drug-likeness (QED) is 0.555. The summed E-state index contributed by atoms with van der Waals surface area (Å²) in [6.07, 6.45) is 4.74. The second-order valence-electron chi connectivity index (χ2n) is 12.4. The first-order valence-corrected chi connectivity index (χ1v) is 13.6. The van der Waals surface area contributed by atoms with Gasteiger partial charge in [-0.3, -0.25) is 4.79 Å². The lowest BCUT2D eigenvalue weighted by atomic mass is 9.73. The maximum Gasteiger partial charge on any atom is 0.307 e. The van der Waals surface area contributed by atoms with Crippen LogP contribution in [-0.2, 0) is 26.8 Å². The van der Waals surface area contributed by atoms with E-state index in [4.69, 9.17) is 4.74 Å². The van der Waals surface area contributed by atoms with E-state index in [0.29, 0.717) is 0 Å². The van der Waals surface area contributed by atoms with Crippen LogP contribution in [-0.4, -0.2) is 46.7 Å². The van der Waals surface area contributed by atoms with Crippen LogP contribution in [0, 0.1) is 6.92 Å². The molecule has 2 aromatic rings. The van der Waals surface area contributed by atoms with Gasteiger partial charge >= 0.3 is 5.97 Å². The maximum absolute atomic E-state index is 11.4. The Kier molecular flexibility index (Phi) is 4.62. The predicted octanol–water partition coefficient (Wildman–Crippen LogP) is 5.55. The number of carboxylic acid groups (broad SMARTS) is 1. The minimum Gasteiger partial charge on any atom is -0.481 e. The van der Waals surface area contributed by atoms with Crippen LogP contribution in [0.15, 0.2) is 59.3 Å². The van der Waals surface area contributed by atoms with E-state index in [2.05, 4.69) is 80.5 Å². The maximum atomic E-state index is 11.4. The highest BCUT2D eigenvalue weighted by atomic mass is 16.5. The SMILES string of the molecule is Cc1ccc2c(c1)C(C)(C)C1=C3C=C4C5=[N+](CCC4OC3CCN12)c1ccc(CC(=O)O)cc1C5(C)C. The molecule has 0 bridgehead atoms. The molecule has 0 saturated carbocycles. The Morgan fingerprint density at radius 3 is 2.65 bits per heavy atom. The molecule has 0 amide bonds. The molecule has 7 rings (SSSR count). The predicted molar refractivity (Wildman–Crippen MR) is 145 cm³/mol. The normalized spacial score (nSPS) is 26.1. The fourth-order valence-electron chi connectivity index (χ4n) is 7.74. The fourth-order valence-corrected chi connectivity index (χ4v) is 7.74. The van der Waals surface area contributed by atoms with Gasteiger partial charge in [0.15, 0.2) is 12.3 Å². The van der Waals surface area contributed by atoms with Crippen LogP contribution < -0.4 is 4.90 Å². The summed E-state index contributed by atoms with van der Waals surface area (Å²) in [6.45, 7) is 13.4. The molecule has 0 fully saturated rings. The number of benzene rings is 2. The van der Waals surface area contributed by atoms with Crippen molar-refractivity contribution < 1.29 is 19.2 Å². The van der Waals surface area contributed by atoms with Crippen LogP contribution in [0.2, 0.25) is 0 Å². The molecule has 190 valence electrons. The Hall–Kier alpha value is -3.18. The number of rotatable bonds is 2. The summed E-state index contributed by atoms with van der Waals surface area (Å²) in [5.74, 6) is -0.790. The molecule has 0 radical (unpaired) electrons. The molecule has 5 aliphatic heterocycles. The number of hydrogen-bond donors (Lipinski definition) is 1. The topological polar surface area (TPSA) is 52.8 Å². The van der Waals surface area contributed by atoms with Crippen molar-refractivity contribution >= 4 is 23.1 Å². The van der Waals surface area contributed by atoms with Crippen molar-refractivity contribution in [3.63, 3.8) is 0 Å². The number of aliphatic carboxylic acids is 1. The number of hydrogen-bond acceptors (Lipinski definition) is 3. The molecular formula is C32H35N2O3+. The molecule has 5 heteroatoms. The highest BCUT2D eigenvalue weighted by Crippen LogP contribution is 2.54. The average Bonchev–Trinajstić information content (AvgIpc) is 3.21. The molecule has 5 aliphatic rings. The number of nitrogens with zero attached hydrogens (tertiary/aromatic N) is 2. The molecule has 1 N–H and O–H groups in total. The van der Waals surface area contributed by atoms with E-state index in [1.165, 1.54) is 50.6 Å². The first-order chi connectivity index (χ1) is 17.6. The highest BCUT2D eigenvalue weighted by molar-refractivity contribution is 6.08. The van der Waals surface area contributed by atoms with Crippen LogP contribution in [0.4, 0.5) is 11.4 Å². The Morgan fingerprint density at radius 1 is 1.05 bits per heavy atom. The van der Waals surface area contributed by atoms with Crippen molar-refractivity contribution in [1.29, 1.82) is 0 Å². The first-order valence-electron chi connectivity index (χ1n) is 13.6. The Balaban J connectivity index is 1.39. The molecule has 2 aromatic carbocycles. The zero-order chi connectivity index (χ0) is 25.9. The molecule has 5 heterocycles.